The third-order valence-corrected chi connectivity index (χ3v) is 3.67. The van der Waals surface area contributed by atoms with E-state index in [4.69, 9.17) is 16.3 Å². The van der Waals surface area contributed by atoms with Gasteiger partial charge in [0.15, 0.2) is 5.41 Å². The molecule has 6 heteroatoms. The van der Waals surface area contributed by atoms with Crippen LogP contribution in [-0.2, 0) is 20.7 Å². The number of aliphatic carboxylic acids is 1. The highest BCUT2D eigenvalue weighted by atomic mass is 35.5. The second-order valence-electron chi connectivity index (χ2n) is 4.80. The first kappa shape index (κ1) is 16.4. The monoisotopic (exact) mass is 299 g/mol. The van der Waals surface area contributed by atoms with Crippen LogP contribution >= 0.6 is 11.6 Å². The predicted octanol–water partition coefficient (Wildman–Crippen LogP) is 2.57. The fourth-order valence-corrected chi connectivity index (χ4v) is 2.22. The van der Waals surface area contributed by atoms with E-state index in [1.54, 1.807) is 26.8 Å². The minimum atomic E-state index is -1.65. The Balaban J connectivity index is 3.27. The maximum absolute atomic E-state index is 12.2. The zero-order valence-electron chi connectivity index (χ0n) is 11.7. The van der Waals surface area contributed by atoms with E-state index in [9.17, 15) is 14.7 Å². The minimum absolute atomic E-state index is 0.0276. The van der Waals surface area contributed by atoms with Gasteiger partial charge in [-0.15, -0.1) is 0 Å². The average molecular weight is 300 g/mol. The van der Waals surface area contributed by atoms with E-state index < -0.39 is 23.3 Å². The van der Waals surface area contributed by atoms with Gasteiger partial charge in [0.25, 0.3) is 0 Å². The third kappa shape index (κ3) is 3.10. The van der Waals surface area contributed by atoms with E-state index in [-0.39, 0.29) is 13.0 Å². The second-order valence-corrected chi connectivity index (χ2v) is 5.20. The van der Waals surface area contributed by atoms with Gasteiger partial charge in [0.05, 0.1) is 11.6 Å². The third-order valence-electron chi connectivity index (χ3n) is 3.33. The first-order chi connectivity index (χ1) is 9.36. The summed E-state index contributed by atoms with van der Waals surface area (Å²) >= 11 is 6.01. The van der Waals surface area contributed by atoms with Crippen molar-refractivity contribution in [1.82, 2.24) is 4.98 Å². The molecular weight excluding hydrogens is 282 g/mol. The molecule has 0 bridgehead atoms. The molecule has 1 heterocycles. The van der Waals surface area contributed by atoms with Crippen molar-refractivity contribution in [1.29, 1.82) is 0 Å². The van der Waals surface area contributed by atoms with Crippen molar-refractivity contribution in [3.63, 3.8) is 0 Å². The lowest BCUT2D eigenvalue weighted by molar-refractivity contribution is -0.172. The molecule has 0 saturated heterocycles. The highest BCUT2D eigenvalue weighted by molar-refractivity contribution is 6.31. The van der Waals surface area contributed by atoms with Crippen LogP contribution in [0.15, 0.2) is 18.5 Å². The van der Waals surface area contributed by atoms with Crippen molar-refractivity contribution < 1.29 is 19.4 Å². The van der Waals surface area contributed by atoms with E-state index in [1.807, 2.05) is 0 Å². The number of aromatic nitrogens is 1. The predicted molar refractivity (Wildman–Crippen MR) is 74.5 cm³/mol. The molecule has 0 aliphatic carbocycles. The van der Waals surface area contributed by atoms with Crippen LogP contribution in [0.4, 0.5) is 0 Å². The zero-order valence-corrected chi connectivity index (χ0v) is 12.5. The number of nitrogens with zero attached hydrogens (tertiary/aromatic N) is 1. The van der Waals surface area contributed by atoms with E-state index in [2.05, 4.69) is 4.98 Å². The van der Waals surface area contributed by atoms with Gasteiger partial charge < -0.3 is 9.84 Å². The van der Waals surface area contributed by atoms with Crippen LogP contribution in [0, 0.1) is 11.3 Å². The molecule has 5 nitrogen and oxygen atoms in total. The number of rotatable bonds is 6. The number of carbonyl (C=O) groups excluding carboxylic acids is 1. The van der Waals surface area contributed by atoms with Crippen LogP contribution in [0.1, 0.15) is 26.3 Å². The summed E-state index contributed by atoms with van der Waals surface area (Å²) in [5.74, 6) is -2.39. The second kappa shape index (κ2) is 6.70. The molecule has 0 saturated carbocycles. The maximum atomic E-state index is 12.2. The number of halogens is 1. The molecule has 20 heavy (non-hydrogen) atoms. The summed E-state index contributed by atoms with van der Waals surface area (Å²) in [5, 5.41) is 9.92. The van der Waals surface area contributed by atoms with Crippen LogP contribution in [0.2, 0.25) is 5.02 Å². The van der Waals surface area contributed by atoms with Gasteiger partial charge in [0, 0.05) is 18.8 Å². The quantitative estimate of drug-likeness (QED) is 0.645. The molecule has 0 aliphatic rings. The average Bonchev–Trinajstić information content (AvgIpc) is 2.37. The number of carbonyl (C=O) groups is 2. The lowest BCUT2D eigenvalue weighted by Gasteiger charge is -2.31. The molecule has 0 aromatic carbocycles. The van der Waals surface area contributed by atoms with Gasteiger partial charge in [-0.2, -0.15) is 0 Å². The van der Waals surface area contributed by atoms with Gasteiger partial charge in [-0.1, -0.05) is 25.4 Å². The first-order valence-electron chi connectivity index (χ1n) is 6.35. The Kier molecular flexibility index (Phi) is 5.51. The van der Waals surface area contributed by atoms with Crippen LogP contribution in [0.25, 0.3) is 0 Å². The van der Waals surface area contributed by atoms with Crippen molar-refractivity contribution in [3.05, 3.63) is 29.0 Å². The smallest absolute Gasteiger partial charge is 0.324 e. The SMILES string of the molecule is CCOC(=O)C(Cc1ccncc1Cl)(C(=O)O)C(C)C. The molecule has 0 fully saturated rings. The maximum Gasteiger partial charge on any atom is 0.324 e. The Bertz CT molecular complexity index is 504. The molecule has 1 aromatic heterocycles. The lowest BCUT2D eigenvalue weighted by atomic mass is 9.72. The standard InChI is InChI=1S/C14H18ClNO4/c1-4-20-13(19)14(9(2)3,12(17)18)7-10-5-6-16-8-11(10)15/h5-6,8-9H,4,7H2,1-3H3,(H,17,18). The van der Waals surface area contributed by atoms with Crippen molar-refractivity contribution in [2.75, 3.05) is 6.61 Å². The molecule has 110 valence electrons. The molecule has 1 N–H and O–H groups in total. The van der Waals surface area contributed by atoms with Crippen LogP contribution in [-0.4, -0.2) is 28.6 Å². The van der Waals surface area contributed by atoms with Crippen LogP contribution in [0.3, 0.4) is 0 Å². The topological polar surface area (TPSA) is 76.5 Å². The largest absolute Gasteiger partial charge is 0.480 e. The summed E-state index contributed by atoms with van der Waals surface area (Å²) in [4.78, 5) is 27.8. The molecule has 0 radical (unpaired) electrons. The molecule has 1 rings (SSSR count). The first-order valence-corrected chi connectivity index (χ1v) is 6.73. The van der Waals surface area contributed by atoms with Gasteiger partial charge >= 0.3 is 11.9 Å². The Morgan fingerprint density at radius 2 is 2.15 bits per heavy atom. The van der Waals surface area contributed by atoms with Crippen molar-refractivity contribution in [3.8, 4) is 0 Å². The summed E-state index contributed by atoms with van der Waals surface area (Å²) in [6.07, 6.45) is 2.91. The summed E-state index contributed by atoms with van der Waals surface area (Å²) in [6, 6.07) is 1.61. The lowest BCUT2D eigenvalue weighted by Crippen LogP contribution is -2.47. The van der Waals surface area contributed by atoms with Gasteiger partial charge in [-0.3, -0.25) is 14.6 Å². The summed E-state index contributed by atoms with van der Waals surface area (Å²) in [5.41, 5.74) is -1.09. The Morgan fingerprint density at radius 1 is 1.50 bits per heavy atom. The highest BCUT2D eigenvalue weighted by Crippen LogP contribution is 2.35. The number of esters is 1. The number of carboxylic acids is 1. The fourth-order valence-electron chi connectivity index (χ4n) is 2.03. The Hall–Kier alpha value is -1.62. The molecule has 1 aromatic rings. The van der Waals surface area contributed by atoms with Gasteiger partial charge in [0.2, 0.25) is 0 Å². The summed E-state index contributed by atoms with van der Waals surface area (Å²) < 4.78 is 4.96. The minimum Gasteiger partial charge on any atom is -0.480 e. The number of hydrogen-bond acceptors (Lipinski definition) is 4. The molecule has 0 aliphatic heterocycles. The number of hydrogen-bond donors (Lipinski definition) is 1. The van der Waals surface area contributed by atoms with Gasteiger partial charge in [-0.25, -0.2) is 0 Å². The molecule has 0 spiro atoms. The number of pyridine rings is 1. The van der Waals surface area contributed by atoms with E-state index in [0.717, 1.165) is 0 Å². The molecule has 0 amide bonds. The van der Waals surface area contributed by atoms with Gasteiger partial charge in [-0.05, 0) is 24.5 Å². The fraction of sp³-hybridized carbons (Fsp3) is 0.500. The summed E-state index contributed by atoms with van der Waals surface area (Å²) in [7, 11) is 0. The van der Waals surface area contributed by atoms with E-state index in [1.165, 1.54) is 12.4 Å². The Labute approximate surface area is 122 Å². The van der Waals surface area contributed by atoms with Crippen molar-refractivity contribution in [2.24, 2.45) is 11.3 Å². The zero-order chi connectivity index (χ0) is 15.3. The van der Waals surface area contributed by atoms with E-state index in [0.29, 0.717) is 10.6 Å². The summed E-state index contributed by atoms with van der Waals surface area (Å²) in [6.45, 7) is 5.13. The van der Waals surface area contributed by atoms with E-state index >= 15 is 0 Å². The van der Waals surface area contributed by atoms with Crippen molar-refractivity contribution in [2.45, 2.75) is 27.2 Å². The Morgan fingerprint density at radius 3 is 2.60 bits per heavy atom. The molecule has 1 unspecified atom stereocenters. The normalized spacial score (nSPS) is 13.8. The van der Waals surface area contributed by atoms with Crippen LogP contribution < -0.4 is 0 Å². The van der Waals surface area contributed by atoms with Crippen LogP contribution in [0.5, 0.6) is 0 Å². The molecule has 1 atom stereocenters. The number of ether oxygens (including phenoxy) is 1. The highest BCUT2D eigenvalue weighted by Gasteiger charge is 2.50. The molecular formula is C14H18ClNO4. The van der Waals surface area contributed by atoms with Gasteiger partial charge in [0.1, 0.15) is 0 Å². The number of carboxylic acid groups (broad SMARTS) is 1. The van der Waals surface area contributed by atoms with Crippen molar-refractivity contribution >= 4 is 23.5 Å².